The number of nitrogens with one attached hydrogen (secondary N) is 2. The molecular weight excluding hydrogens is 378 g/mol. The molecule has 1 aliphatic carbocycles. The van der Waals surface area contributed by atoms with Crippen LogP contribution in [0.4, 0.5) is 5.95 Å². The molecule has 0 spiro atoms. The maximum Gasteiger partial charge on any atom is 0.249 e. The molecule has 2 N–H and O–H groups in total. The molecule has 0 bridgehead atoms. The standard InChI is InChI=1S/C19H27N5O3S/c1-12-4-3-5-14(12)17-15-6-7-16(25)21-18(15)23-19(22-17)20-13-8-10-24(11-9-13)28(2,26)27/h6-7,12-14H,3-5,8-11H2,1-2H3,(H2,20,21,22,23,25)/t12-,14+/m0/s1/i2D3,13D. The van der Waals surface area contributed by atoms with Crippen LogP contribution in [0, 0.1) is 5.92 Å². The predicted molar refractivity (Wildman–Crippen MR) is 109 cm³/mol. The third kappa shape index (κ3) is 3.91. The fourth-order valence-corrected chi connectivity index (χ4v) is 4.90. The van der Waals surface area contributed by atoms with E-state index >= 15 is 0 Å². The molecule has 8 nitrogen and oxygen atoms in total. The number of aromatic amines is 1. The Balaban J connectivity index is 1.61. The Morgan fingerprint density at radius 2 is 2.04 bits per heavy atom. The van der Waals surface area contributed by atoms with Gasteiger partial charge < -0.3 is 10.3 Å². The Labute approximate surface area is 170 Å². The van der Waals surface area contributed by atoms with Crippen LogP contribution in [-0.2, 0) is 10.0 Å². The number of anilines is 1. The van der Waals surface area contributed by atoms with E-state index in [9.17, 15) is 13.2 Å². The van der Waals surface area contributed by atoms with Crippen molar-refractivity contribution in [2.45, 2.75) is 51.0 Å². The summed E-state index contributed by atoms with van der Waals surface area (Å²) < 4.78 is 55.8. The van der Waals surface area contributed by atoms with Crippen LogP contribution in [0.25, 0.3) is 11.0 Å². The monoisotopic (exact) mass is 409 g/mol. The summed E-state index contributed by atoms with van der Waals surface area (Å²) >= 11 is 0. The quantitative estimate of drug-likeness (QED) is 0.800. The molecule has 0 radical (unpaired) electrons. The number of piperidine rings is 1. The predicted octanol–water partition coefficient (Wildman–Crippen LogP) is 2.06. The average molecular weight is 410 g/mol. The van der Waals surface area contributed by atoms with Gasteiger partial charge in [-0.2, -0.15) is 4.98 Å². The number of sulfonamides is 1. The Kier molecular flexibility index (Phi) is 3.96. The normalized spacial score (nSPS) is 28.3. The number of H-pyrrole nitrogens is 1. The Morgan fingerprint density at radius 3 is 2.71 bits per heavy atom. The highest BCUT2D eigenvalue weighted by atomic mass is 32.2. The van der Waals surface area contributed by atoms with Crippen LogP contribution in [0.3, 0.4) is 0 Å². The van der Waals surface area contributed by atoms with Gasteiger partial charge in [0.1, 0.15) is 5.65 Å². The van der Waals surface area contributed by atoms with E-state index in [4.69, 9.17) is 10.5 Å². The van der Waals surface area contributed by atoms with Crippen molar-refractivity contribution >= 4 is 27.0 Å². The summed E-state index contributed by atoms with van der Waals surface area (Å²) in [5, 5.41) is 3.80. The summed E-state index contributed by atoms with van der Waals surface area (Å²) in [6.07, 6.45) is 0.203. The topological polar surface area (TPSA) is 108 Å². The number of fused-ring (bicyclic) bond motifs is 1. The van der Waals surface area contributed by atoms with Gasteiger partial charge in [0, 0.05) is 40.6 Å². The van der Waals surface area contributed by atoms with E-state index in [0.717, 1.165) is 34.6 Å². The molecule has 1 saturated heterocycles. The largest absolute Gasteiger partial charge is 0.351 e. The second-order valence-electron chi connectivity index (χ2n) is 7.66. The van der Waals surface area contributed by atoms with Gasteiger partial charge in [-0.15, -0.1) is 0 Å². The Morgan fingerprint density at radius 1 is 1.25 bits per heavy atom. The molecule has 28 heavy (non-hydrogen) atoms. The summed E-state index contributed by atoms with van der Waals surface area (Å²) in [6.45, 7) is 2.00. The highest BCUT2D eigenvalue weighted by molar-refractivity contribution is 7.88. The Bertz CT molecular complexity index is 1180. The first-order valence-electron chi connectivity index (χ1n) is 11.6. The minimum absolute atomic E-state index is 0.0736. The molecule has 0 aromatic carbocycles. The minimum atomic E-state index is -4.43. The lowest BCUT2D eigenvalue weighted by atomic mass is 9.92. The molecular formula is C19H27N5O3S. The van der Waals surface area contributed by atoms with Gasteiger partial charge in [0.05, 0.1) is 13.2 Å². The molecule has 2 aliphatic rings. The molecule has 9 heteroatoms. The molecule has 2 atom stereocenters. The molecule has 4 rings (SSSR count). The highest BCUT2D eigenvalue weighted by Crippen LogP contribution is 2.40. The van der Waals surface area contributed by atoms with E-state index in [1.165, 1.54) is 6.07 Å². The van der Waals surface area contributed by atoms with E-state index in [2.05, 4.69) is 22.2 Å². The number of nitrogens with zero attached hydrogens (tertiary/aromatic N) is 3. The molecule has 0 amide bonds. The average Bonchev–Trinajstić information content (AvgIpc) is 3.12. The van der Waals surface area contributed by atoms with Gasteiger partial charge in [0.2, 0.25) is 21.5 Å². The van der Waals surface area contributed by atoms with Crippen molar-refractivity contribution in [3.63, 3.8) is 0 Å². The first-order chi connectivity index (χ1) is 14.9. The van der Waals surface area contributed by atoms with Crippen LogP contribution in [0.15, 0.2) is 16.9 Å². The van der Waals surface area contributed by atoms with E-state index in [1.54, 1.807) is 6.07 Å². The van der Waals surface area contributed by atoms with Crippen molar-refractivity contribution < 1.29 is 13.9 Å². The summed E-state index contributed by atoms with van der Waals surface area (Å²) in [5.74, 6) is 0.863. The molecule has 2 aromatic heterocycles. The number of rotatable bonds is 4. The van der Waals surface area contributed by atoms with Crippen LogP contribution >= 0.6 is 0 Å². The van der Waals surface area contributed by atoms with Crippen molar-refractivity contribution in [2.75, 3.05) is 24.6 Å². The second kappa shape index (κ2) is 7.44. The van der Waals surface area contributed by atoms with Crippen LogP contribution in [0.1, 0.15) is 56.1 Å². The SMILES string of the molecule is [2H]C1(Nc2nc([C@@H]3CCC[C@@H]3C)c3ccc(=O)[nH]c3n2)CCN(S(=O)(=O)C([2H])([2H])[2H])CC1. The number of pyridine rings is 1. The Hall–Kier alpha value is -2.00. The van der Waals surface area contributed by atoms with E-state index in [-0.39, 0.29) is 43.4 Å². The summed E-state index contributed by atoms with van der Waals surface area (Å²) in [6, 6.07) is 1.92. The van der Waals surface area contributed by atoms with Crippen LogP contribution < -0.4 is 10.9 Å². The van der Waals surface area contributed by atoms with Crippen molar-refractivity contribution in [1.82, 2.24) is 19.3 Å². The molecule has 2 aromatic rings. The lowest BCUT2D eigenvalue weighted by molar-refractivity contribution is 0.331. The zero-order valence-corrected chi connectivity index (χ0v) is 16.6. The molecule has 1 saturated carbocycles. The van der Waals surface area contributed by atoms with Crippen LogP contribution in [0.2, 0.25) is 0 Å². The van der Waals surface area contributed by atoms with Gasteiger partial charge in [-0.25, -0.2) is 17.7 Å². The van der Waals surface area contributed by atoms with Gasteiger partial charge in [-0.05, 0) is 31.2 Å². The van der Waals surface area contributed by atoms with Gasteiger partial charge in [-0.3, -0.25) is 4.79 Å². The van der Waals surface area contributed by atoms with Crippen LogP contribution in [0.5, 0.6) is 0 Å². The number of hydrogen-bond donors (Lipinski definition) is 2. The zero-order valence-electron chi connectivity index (χ0n) is 19.7. The molecule has 152 valence electrons. The van der Waals surface area contributed by atoms with Crippen molar-refractivity contribution in [1.29, 1.82) is 0 Å². The van der Waals surface area contributed by atoms with Crippen molar-refractivity contribution in [3.05, 3.63) is 28.2 Å². The zero-order chi connectivity index (χ0) is 23.3. The summed E-state index contributed by atoms with van der Waals surface area (Å²) in [7, 11) is -4.43. The first-order valence-corrected chi connectivity index (χ1v) is 11.0. The molecule has 2 fully saturated rings. The van der Waals surface area contributed by atoms with E-state index in [1.807, 2.05) is 0 Å². The van der Waals surface area contributed by atoms with Gasteiger partial charge in [0.15, 0.2) is 0 Å². The minimum Gasteiger partial charge on any atom is -0.351 e. The van der Waals surface area contributed by atoms with Crippen molar-refractivity contribution in [3.8, 4) is 0 Å². The molecule has 3 heterocycles. The third-order valence-corrected chi connectivity index (χ3v) is 6.83. The lowest BCUT2D eigenvalue weighted by Gasteiger charge is -2.30. The highest BCUT2D eigenvalue weighted by Gasteiger charge is 2.29. The van der Waals surface area contributed by atoms with Gasteiger partial charge in [0.25, 0.3) is 0 Å². The first kappa shape index (κ1) is 14.9. The van der Waals surface area contributed by atoms with Gasteiger partial charge in [-0.1, -0.05) is 19.8 Å². The lowest BCUT2D eigenvalue weighted by Crippen LogP contribution is -2.42. The van der Waals surface area contributed by atoms with Gasteiger partial charge >= 0.3 is 0 Å². The molecule has 0 unspecified atom stereocenters. The van der Waals surface area contributed by atoms with E-state index in [0.29, 0.717) is 11.6 Å². The fourth-order valence-electron chi connectivity index (χ4n) is 4.23. The van der Waals surface area contributed by atoms with Crippen LogP contribution in [-0.4, -0.2) is 53.0 Å². The molecule has 1 aliphatic heterocycles. The van der Waals surface area contributed by atoms with E-state index < -0.39 is 22.2 Å². The fraction of sp³-hybridized carbons (Fsp3) is 0.632. The van der Waals surface area contributed by atoms with Crippen molar-refractivity contribution in [2.24, 2.45) is 5.92 Å². The summed E-state index contributed by atoms with van der Waals surface area (Å²) in [4.78, 5) is 23.8. The number of hydrogen-bond acceptors (Lipinski definition) is 6. The second-order valence-corrected chi connectivity index (χ2v) is 9.13. The third-order valence-electron chi connectivity index (χ3n) is 5.79. The summed E-state index contributed by atoms with van der Waals surface area (Å²) in [5.41, 5.74) is 0.955. The maximum atomic E-state index is 12.2. The number of aromatic nitrogens is 3. The maximum absolute atomic E-state index is 12.2. The smallest absolute Gasteiger partial charge is 0.249 e.